The zero-order chi connectivity index (χ0) is 15.5. The number of hydrogen-bond acceptors (Lipinski definition) is 4. The fourth-order valence-corrected chi connectivity index (χ4v) is 2.52. The molecule has 0 unspecified atom stereocenters. The van der Waals surface area contributed by atoms with Crippen LogP contribution in [0.3, 0.4) is 0 Å². The predicted molar refractivity (Wildman–Crippen MR) is 92.0 cm³/mol. The summed E-state index contributed by atoms with van der Waals surface area (Å²) in [6.07, 6.45) is 1.96. The number of benzene rings is 2. The summed E-state index contributed by atoms with van der Waals surface area (Å²) in [6.45, 7) is 4.15. The molecule has 110 valence electrons. The van der Waals surface area contributed by atoms with Gasteiger partial charge in [-0.1, -0.05) is 71.4 Å². The van der Waals surface area contributed by atoms with Crippen molar-refractivity contribution in [3.05, 3.63) is 59.7 Å². The zero-order valence-corrected chi connectivity index (χ0v) is 13.7. The number of aryl methyl sites for hydroxylation is 2. The molecule has 3 nitrogen and oxygen atoms in total. The van der Waals surface area contributed by atoms with Crippen molar-refractivity contribution in [2.45, 2.75) is 19.0 Å². The maximum Gasteiger partial charge on any atom is 0.209 e. The van der Waals surface area contributed by atoms with Crippen LogP contribution in [0.5, 0.6) is 0 Å². The quantitative estimate of drug-likeness (QED) is 0.666. The molecule has 0 fully saturated rings. The van der Waals surface area contributed by atoms with Crippen molar-refractivity contribution in [3.8, 4) is 22.5 Å². The first-order valence-electron chi connectivity index (χ1n) is 7.10. The fraction of sp³-hybridized carbons (Fsp3) is 0.167. The lowest BCUT2D eigenvalue weighted by Gasteiger charge is -2.09. The fourth-order valence-electron chi connectivity index (χ4n) is 2.22. The third-order valence-electron chi connectivity index (χ3n) is 3.50. The van der Waals surface area contributed by atoms with Crippen LogP contribution in [-0.4, -0.2) is 21.4 Å². The molecule has 0 aliphatic heterocycles. The highest BCUT2D eigenvalue weighted by Gasteiger charge is 2.13. The molecule has 0 aliphatic carbocycles. The number of nitrogens with zero attached hydrogens (tertiary/aromatic N) is 3. The van der Waals surface area contributed by atoms with Gasteiger partial charge in [0.25, 0.3) is 0 Å². The molecule has 2 aromatic carbocycles. The van der Waals surface area contributed by atoms with Gasteiger partial charge in [0.2, 0.25) is 5.16 Å². The summed E-state index contributed by atoms with van der Waals surface area (Å²) in [7, 11) is 0. The van der Waals surface area contributed by atoms with E-state index < -0.39 is 0 Å². The van der Waals surface area contributed by atoms with Gasteiger partial charge in [-0.3, -0.25) is 0 Å². The second-order valence-electron chi connectivity index (χ2n) is 5.23. The van der Waals surface area contributed by atoms with Gasteiger partial charge in [-0.05, 0) is 20.1 Å². The lowest BCUT2D eigenvalue weighted by Crippen LogP contribution is -1.99. The lowest BCUT2D eigenvalue weighted by atomic mass is 10.0. The monoisotopic (exact) mass is 307 g/mol. The zero-order valence-electron chi connectivity index (χ0n) is 12.9. The van der Waals surface area contributed by atoms with Crippen molar-refractivity contribution in [3.63, 3.8) is 0 Å². The van der Waals surface area contributed by atoms with E-state index in [-0.39, 0.29) is 0 Å². The van der Waals surface area contributed by atoms with Crippen LogP contribution < -0.4 is 0 Å². The summed E-state index contributed by atoms with van der Waals surface area (Å²) >= 11 is 1.50. The molecule has 0 amide bonds. The Morgan fingerprint density at radius 2 is 1.18 bits per heavy atom. The normalized spacial score (nSPS) is 10.7. The van der Waals surface area contributed by atoms with E-state index in [0.717, 1.165) is 22.5 Å². The first-order chi connectivity index (χ1) is 10.7. The smallest absolute Gasteiger partial charge is 0.209 e. The van der Waals surface area contributed by atoms with Crippen molar-refractivity contribution in [1.82, 2.24) is 15.2 Å². The minimum Gasteiger partial charge on any atom is -0.219 e. The van der Waals surface area contributed by atoms with E-state index >= 15 is 0 Å². The van der Waals surface area contributed by atoms with Crippen LogP contribution in [0.1, 0.15) is 11.1 Å². The SMILES string of the molecule is CSc1nnc(-c2ccc(C)cc2)c(-c2ccc(C)cc2)n1. The minimum atomic E-state index is 0.687. The van der Waals surface area contributed by atoms with E-state index in [1.807, 2.05) is 6.26 Å². The second kappa shape index (κ2) is 6.28. The van der Waals surface area contributed by atoms with Crippen LogP contribution in [0.25, 0.3) is 22.5 Å². The van der Waals surface area contributed by atoms with Gasteiger partial charge in [0.15, 0.2) is 0 Å². The molecule has 0 saturated carbocycles. The summed E-state index contributed by atoms with van der Waals surface area (Å²) < 4.78 is 0. The van der Waals surface area contributed by atoms with Crippen LogP contribution in [0, 0.1) is 13.8 Å². The Kier molecular flexibility index (Phi) is 4.20. The number of hydrogen-bond donors (Lipinski definition) is 0. The van der Waals surface area contributed by atoms with E-state index in [9.17, 15) is 0 Å². The van der Waals surface area contributed by atoms with Gasteiger partial charge in [0.1, 0.15) is 11.4 Å². The van der Waals surface area contributed by atoms with Gasteiger partial charge in [0.05, 0.1) is 0 Å². The van der Waals surface area contributed by atoms with E-state index in [4.69, 9.17) is 0 Å². The molecule has 0 spiro atoms. The number of thioether (sulfide) groups is 1. The van der Waals surface area contributed by atoms with Gasteiger partial charge in [0, 0.05) is 11.1 Å². The lowest BCUT2D eigenvalue weighted by molar-refractivity contribution is 0.852. The van der Waals surface area contributed by atoms with E-state index in [1.165, 1.54) is 22.9 Å². The summed E-state index contributed by atoms with van der Waals surface area (Å²) in [5.41, 5.74) is 6.25. The Morgan fingerprint density at radius 3 is 1.68 bits per heavy atom. The topological polar surface area (TPSA) is 38.7 Å². The third-order valence-corrected chi connectivity index (χ3v) is 4.04. The Morgan fingerprint density at radius 1 is 0.682 bits per heavy atom. The largest absolute Gasteiger partial charge is 0.219 e. The first-order valence-corrected chi connectivity index (χ1v) is 8.32. The highest BCUT2D eigenvalue weighted by atomic mass is 32.2. The Labute approximate surface area is 134 Å². The van der Waals surface area contributed by atoms with Crippen molar-refractivity contribution in [2.24, 2.45) is 0 Å². The average molecular weight is 307 g/mol. The molecule has 0 N–H and O–H groups in total. The van der Waals surface area contributed by atoms with Crippen molar-refractivity contribution in [1.29, 1.82) is 0 Å². The van der Waals surface area contributed by atoms with Crippen LogP contribution >= 0.6 is 11.8 Å². The Hall–Kier alpha value is -2.20. The Bertz CT molecular complexity index is 780. The molecule has 4 heteroatoms. The summed E-state index contributed by atoms with van der Waals surface area (Å²) in [4.78, 5) is 4.68. The van der Waals surface area contributed by atoms with Crippen LogP contribution in [0.4, 0.5) is 0 Å². The van der Waals surface area contributed by atoms with E-state index in [2.05, 4.69) is 77.6 Å². The summed E-state index contributed by atoms with van der Waals surface area (Å²) in [6, 6.07) is 16.7. The van der Waals surface area contributed by atoms with E-state index in [1.54, 1.807) is 0 Å². The minimum absolute atomic E-state index is 0.687. The first kappa shape index (κ1) is 14.7. The van der Waals surface area contributed by atoms with Gasteiger partial charge < -0.3 is 0 Å². The van der Waals surface area contributed by atoms with Crippen LogP contribution in [-0.2, 0) is 0 Å². The van der Waals surface area contributed by atoms with Crippen molar-refractivity contribution < 1.29 is 0 Å². The van der Waals surface area contributed by atoms with Gasteiger partial charge >= 0.3 is 0 Å². The molecule has 1 aromatic heterocycles. The molecule has 0 bridgehead atoms. The molecular weight excluding hydrogens is 290 g/mol. The summed E-state index contributed by atoms with van der Waals surface area (Å²) in [5.74, 6) is 0. The highest BCUT2D eigenvalue weighted by molar-refractivity contribution is 7.98. The van der Waals surface area contributed by atoms with Crippen molar-refractivity contribution in [2.75, 3.05) is 6.26 Å². The number of aromatic nitrogens is 3. The van der Waals surface area contributed by atoms with Gasteiger partial charge in [-0.2, -0.15) is 0 Å². The van der Waals surface area contributed by atoms with Gasteiger partial charge in [-0.15, -0.1) is 10.2 Å². The van der Waals surface area contributed by atoms with Crippen LogP contribution in [0.15, 0.2) is 53.7 Å². The van der Waals surface area contributed by atoms with Gasteiger partial charge in [-0.25, -0.2) is 4.98 Å². The summed E-state index contributed by atoms with van der Waals surface area (Å²) in [5, 5.41) is 9.30. The molecule has 0 atom stereocenters. The predicted octanol–water partition coefficient (Wildman–Crippen LogP) is 4.54. The molecule has 0 radical (unpaired) electrons. The molecule has 22 heavy (non-hydrogen) atoms. The van der Waals surface area contributed by atoms with E-state index in [0.29, 0.717) is 5.16 Å². The number of rotatable bonds is 3. The molecular formula is C18H17N3S. The Balaban J connectivity index is 2.17. The molecule has 3 rings (SSSR count). The maximum absolute atomic E-state index is 4.68. The molecule has 0 aliphatic rings. The second-order valence-corrected chi connectivity index (χ2v) is 6.00. The highest BCUT2D eigenvalue weighted by Crippen LogP contribution is 2.29. The molecule has 0 saturated heterocycles. The van der Waals surface area contributed by atoms with Crippen LogP contribution in [0.2, 0.25) is 0 Å². The third kappa shape index (κ3) is 3.02. The standard InChI is InChI=1S/C18H17N3S/c1-12-4-8-14(9-5-12)16-17(20-21-18(19-16)22-3)15-10-6-13(2)7-11-15/h4-11H,1-3H3. The molecule has 1 heterocycles. The molecule has 3 aromatic rings. The average Bonchev–Trinajstić information content (AvgIpc) is 2.56. The van der Waals surface area contributed by atoms with Crippen molar-refractivity contribution >= 4 is 11.8 Å². The maximum atomic E-state index is 4.68.